The first-order valence-electron chi connectivity index (χ1n) is 5.78. The van der Waals surface area contributed by atoms with Crippen molar-refractivity contribution >= 4 is 23.4 Å². The fourth-order valence-electron chi connectivity index (χ4n) is 1.64. The summed E-state index contributed by atoms with van der Waals surface area (Å²) in [5, 5.41) is 6.71. The molecule has 4 nitrogen and oxygen atoms in total. The van der Waals surface area contributed by atoms with Gasteiger partial charge in [-0.15, -0.1) is 0 Å². The van der Waals surface area contributed by atoms with Gasteiger partial charge in [-0.05, 0) is 18.6 Å². The number of nitrogens with zero attached hydrogens (tertiary/aromatic N) is 2. The molecule has 1 saturated heterocycles. The Morgan fingerprint density at radius 2 is 2.31 bits per heavy atom. The summed E-state index contributed by atoms with van der Waals surface area (Å²) in [5.74, 6) is 4.27. The molecule has 0 bridgehead atoms. The summed E-state index contributed by atoms with van der Waals surface area (Å²) in [6.07, 6.45) is 3.95. The Balaban J connectivity index is 1.92. The van der Waals surface area contributed by atoms with Gasteiger partial charge in [0.15, 0.2) is 0 Å². The third-order valence-corrected chi connectivity index (χ3v) is 3.67. The summed E-state index contributed by atoms with van der Waals surface area (Å²) >= 11 is 2.00. The molecule has 0 amide bonds. The monoisotopic (exact) mass is 238 g/mol. The van der Waals surface area contributed by atoms with Gasteiger partial charge in [-0.1, -0.05) is 6.92 Å². The van der Waals surface area contributed by atoms with Crippen LogP contribution in [0, 0.1) is 0 Å². The molecule has 0 aliphatic carbocycles. The zero-order chi connectivity index (χ0) is 11.2. The molecule has 1 fully saturated rings. The molecular weight excluding hydrogens is 220 g/mol. The van der Waals surface area contributed by atoms with Gasteiger partial charge in [0.05, 0.1) is 0 Å². The summed E-state index contributed by atoms with van der Waals surface area (Å²) in [6.45, 7) is 3.10. The van der Waals surface area contributed by atoms with Crippen molar-refractivity contribution in [2.24, 2.45) is 0 Å². The lowest BCUT2D eigenvalue weighted by Gasteiger charge is -2.12. The first-order chi connectivity index (χ1) is 7.88. The van der Waals surface area contributed by atoms with Crippen LogP contribution < -0.4 is 10.6 Å². The van der Waals surface area contributed by atoms with Gasteiger partial charge < -0.3 is 10.6 Å². The van der Waals surface area contributed by atoms with Crippen molar-refractivity contribution in [3.63, 3.8) is 0 Å². The van der Waals surface area contributed by atoms with Crippen LogP contribution in [0.4, 0.5) is 11.6 Å². The van der Waals surface area contributed by atoms with Gasteiger partial charge >= 0.3 is 0 Å². The topological polar surface area (TPSA) is 49.8 Å². The maximum atomic E-state index is 4.24. The minimum Gasteiger partial charge on any atom is -0.370 e. The average Bonchev–Trinajstić information content (AvgIpc) is 2.80. The lowest BCUT2D eigenvalue weighted by atomic mass is 10.2. The molecule has 5 heteroatoms. The highest BCUT2D eigenvalue weighted by Crippen LogP contribution is 2.20. The Hall–Kier alpha value is -0.970. The van der Waals surface area contributed by atoms with Gasteiger partial charge in [-0.3, -0.25) is 0 Å². The largest absolute Gasteiger partial charge is 0.370 e. The maximum absolute atomic E-state index is 4.24. The molecule has 1 atom stereocenters. The summed E-state index contributed by atoms with van der Waals surface area (Å²) in [5.41, 5.74) is 0. The van der Waals surface area contributed by atoms with Crippen LogP contribution in [0.15, 0.2) is 12.4 Å². The van der Waals surface area contributed by atoms with Crippen LogP contribution in [-0.2, 0) is 0 Å². The molecule has 0 aromatic carbocycles. The number of rotatable bonds is 5. The summed E-state index contributed by atoms with van der Waals surface area (Å²) in [4.78, 5) is 8.42. The van der Waals surface area contributed by atoms with Crippen molar-refractivity contribution in [2.75, 3.05) is 28.7 Å². The Kier molecular flexibility index (Phi) is 4.27. The van der Waals surface area contributed by atoms with Crippen LogP contribution in [0.5, 0.6) is 0 Å². The van der Waals surface area contributed by atoms with Gasteiger partial charge in [0.1, 0.15) is 18.0 Å². The fraction of sp³-hybridized carbons (Fsp3) is 0.636. The number of hydrogen-bond donors (Lipinski definition) is 2. The SMILES string of the molecule is CCCNc1cc(NC2CCSC2)ncn1. The van der Waals surface area contributed by atoms with Crippen molar-refractivity contribution in [1.82, 2.24) is 9.97 Å². The van der Waals surface area contributed by atoms with E-state index in [1.165, 1.54) is 17.9 Å². The second-order valence-electron chi connectivity index (χ2n) is 3.92. The van der Waals surface area contributed by atoms with Crippen molar-refractivity contribution in [2.45, 2.75) is 25.8 Å². The highest BCUT2D eigenvalue weighted by molar-refractivity contribution is 7.99. The molecule has 2 rings (SSSR count). The van der Waals surface area contributed by atoms with Gasteiger partial charge in [-0.2, -0.15) is 11.8 Å². The summed E-state index contributed by atoms with van der Waals surface area (Å²) < 4.78 is 0. The van der Waals surface area contributed by atoms with Crippen LogP contribution in [-0.4, -0.2) is 34.1 Å². The van der Waals surface area contributed by atoms with E-state index in [0.717, 1.165) is 24.6 Å². The normalized spacial score (nSPS) is 19.7. The highest BCUT2D eigenvalue weighted by atomic mass is 32.2. The second kappa shape index (κ2) is 5.94. The van der Waals surface area contributed by atoms with E-state index < -0.39 is 0 Å². The van der Waals surface area contributed by atoms with E-state index in [1.54, 1.807) is 6.33 Å². The summed E-state index contributed by atoms with van der Waals surface area (Å²) in [6, 6.07) is 2.55. The van der Waals surface area contributed by atoms with Crippen molar-refractivity contribution in [1.29, 1.82) is 0 Å². The molecule has 1 aromatic heterocycles. The molecule has 0 radical (unpaired) electrons. The average molecular weight is 238 g/mol. The van der Waals surface area contributed by atoms with Crippen LogP contribution in [0.25, 0.3) is 0 Å². The minimum atomic E-state index is 0.568. The molecule has 1 aliphatic rings. The number of aromatic nitrogens is 2. The lowest BCUT2D eigenvalue weighted by Crippen LogP contribution is -2.19. The molecule has 2 heterocycles. The molecule has 88 valence electrons. The standard InChI is InChI=1S/C11H18N4S/c1-2-4-12-10-6-11(14-8-13-10)15-9-3-5-16-7-9/h6,8-9H,2-5,7H2,1H3,(H2,12,13,14,15). The van der Waals surface area contributed by atoms with Crippen LogP contribution >= 0.6 is 11.8 Å². The lowest BCUT2D eigenvalue weighted by molar-refractivity contribution is 0.805. The Labute approximate surface area is 101 Å². The van der Waals surface area contributed by atoms with E-state index >= 15 is 0 Å². The fourth-order valence-corrected chi connectivity index (χ4v) is 2.80. The molecule has 0 spiro atoms. The number of hydrogen-bond acceptors (Lipinski definition) is 5. The smallest absolute Gasteiger partial charge is 0.131 e. The predicted octanol–water partition coefficient (Wildman–Crippen LogP) is 2.22. The second-order valence-corrected chi connectivity index (χ2v) is 5.07. The molecular formula is C11H18N4S. The van der Waals surface area contributed by atoms with Crippen LogP contribution in [0.2, 0.25) is 0 Å². The van der Waals surface area contributed by atoms with E-state index in [1.807, 2.05) is 17.8 Å². The van der Waals surface area contributed by atoms with E-state index in [9.17, 15) is 0 Å². The third kappa shape index (κ3) is 3.27. The van der Waals surface area contributed by atoms with Crippen LogP contribution in [0.1, 0.15) is 19.8 Å². The van der Waals surface area contributed by atoms with E-state index in [-0.39, 0.29) is 0 Å². The minimum absolute atomic E-state index is 0.568. The molecule has 0 saturated carbocycles. The number of anilines is 2. The van der Waals surface area contributed by atoms with E-state index in [0.29, 0.717) is 6.04 Å². The highest BCUT2D eigenvalue weighted by Gasteiger charge is 2.15. The van der Waals surface area contributed by atoms with Gasteiger partial charge in [0, 0.05) is 24.4 Å². The third-order valence-electron chi connectivity index (χ3n) is 2.50. The Morgan fingerprint density at radius 1 is 1.44 bits per heavy atom. The van der Waals surface area contributed by atoms with Crippen LogP contribution in [0.3, 0.4) is 0 Å². The first-order valence-corrected chi connectivity index (χ1v) is 6.94. The number of nitrogens with one attached hydrogen (secondary N) is 2. The molecule has 2 N–H and O–H groups in total. The quantitative estimate of drug-likeness (QED) is 0.823. The van der Waals surface area contributed by atoms with Gasteiger partial charge in [-0.25, -0.2) is 9.97 Å². The zero-order valence-corrected chi connectivity index (χ0v) is 10.4. The zero-order valence-electron chi connectivity index (χ0n) is 9.57. The van der Waals surface area contributed by atoms with Crippen molar-refractivity contribution in [3.05, 3.63) is 12.4 Å². The predicted molar refractivity (Wildman–Crippen MR) is 70.2 cm³/mol. The van der Waals surface area contributed by atoms with E-state index in [4.69, 9.17) is 0 Å². The summed E-state index contributed by atoms with van der Waals surface area (Å²) in [7, 11) is 0. The molecule has 1 aliphatic heterocycles. The molecule has 1 aromatic rings. The van der Waals surface area contributed by atoms with Gasteiger partial charge in [0.2, 0.25) is 0 Å². The first kappa shape index (κ1) is 11.5. The van der Waals surface area contributed by atoms with Crippen molar-refractivity contribution in [3.8, 4) is 0 Å². The molecule has 1 unspecified atom stereocenters. The maximum Gasteiger partial charge on any atom is 0.131 e. The molecule has 16 heavy (non-hydrogen) atoms. The number of thioether (sulfide) groups is 1. The Bertz CT molecular complexity index is 326. The van der Waals surface area contributed by atoms with E-state index in [2.05, 4.69) is 27.5 Å². The van der Waals surface area contributed by atoms with Gasteiger partial charge in [0.25, 0.3) is 0 Å². The van der Waals surface area contributed by atoms with Crippen molar-refractivity contribution < 1.29 is 0 Å². The Morgan fingerprint density at radius 3 is 3.06 bits per heavy atom.